The lowest BCUT2D eigenvalue weighted by Crippen LogP contribution is -2.39. The second kappa shape index (κ2) is 53.2. The van der Waals surface area contributed by atoms with E-state index in [0.29, 0.717) is 98.5 Å². The van der Waals surface area contributed by atoms with Crippen molar-refractivity contribution in [3.05, 3.63) is 271 Å². The number of carbonyl (C=O) groups is 9. The predicted molar refractivity (Wildman–Crippen MR) is 552 cm³/mol. The summed E-state index contributed by atoms with van der Waals surface area (Å²) in [6, 6.07) is 30.9. The van der Waals surface area contributed by atoms with E-state index in [0.717, 1.165) is 110 Å². The number of carbonyl (C=O) groups excluding carboxylic acids is 9. The number of pyridine rings is 8. The van der Waals surface area contributed by atoms with Crippen LogP contribution in [-0.2, 0) is 30.5 Å². The van der Waals surface area contributed by atoms with Crippen LogP contribution in [0.25, 0.3) is 43.6 Å². The van der Waals surface area contributed by atoms with Crippen molar-refractivity contribution in [3.8, 4) is 23.0 Å². The Kier molecular flexibility index (Phi) is 40.0. The van der Waals surface area contributed by atoms with Gasteiger partial charge < -0.3 is 77.4 Å². The fourth-order valence-electron chi connectivity index (χ4n) is 16.8. The Labute approximate surface area is 852 Å². The van der Waals surface area contributed by atoms with Gasteiger partial charge in [0.15, 0.2) is 56.7 Å². The van der Waals surface area contributed by atoms with Crippen LogP contribution in [0.2, 0.25) is 0 Å². The Morgan fingerprint density at radius 3 is 1.11 bits per heavy atom. The summed E-state index contributed by atoms with van der Waals surface area (Å²) in [7, 11) is 11.6. The molecule has 39 heteroatoms. The number of fused-ring (bicyclic) bond motifs is 4. The van der Waals surface area contributed by atoms with Crippen molar-refractivity contribution in [1.82, 2.24) is 96.8 Å². The first-order valence-electron chi connectivity index (χ1n) is 48.9. The van der Waals surface area contributed by atoms with E-state index in [1.165, 1.54) is 72.5 Å². The van der Waals surface area contributed by atoms with Gasteiger partial charge in [-0.25, -0.2) is 42.5 Å². The minimum Gasteiger partial charge on any atom is -0.504 e. The van der Waals surface area contributed by atoms with Gasteiger partial charge in [0.2, 0.25) is 5.91 Å². The molecule has 147 heavy (non-hydrogen) atoms. The summed E-state index contributed by atoms with van der Waals surface area (Å²) in [5, 5.41) is 78.8. The molecule has 15 rings (SSSR count). The molecule has 2 unspecified atom stereocenters. The smallest absolute Gasteiger partial charge is 0.276 e. The normalized spacial score (nSPS) is 13.5. The van der Waals surface area contributed by atoms with E-state index in [-0.39, 0.29) is 144 Å². The number of halogens is 4. The third kappa shape index (κ3) is 31.2. The number of aliphatic hydroxyl groups is 1. The van der Waals surface area contributed by atoms with Crippen LogP contribution >= 0.6 is 11.3 Å². The van der Waals surface area contributed by atoms with Crippen molar-refractivity contribution >= 4 is 113 Å². The van der Waals surface area contributed by atoms with Gasteiger partial charge in [-0.2, -0.15) is 0 Å². The first kappa shape index (κ1) is 111. The number of rotatable bonds is 37. The number of amides is 8. The number of aromatic hydroxyl groups is 4. The van der Waals surface area contributed by atoms with Crippen LogP contribution in [0.15, 0.2) is 158 Å². The van der Waals surface area contributed by atoms with Crippen LogP contribution in [0.1, 0.15) is 240 Å². The van der Waals surface area contributed by atoms with Crippen LogP contribution in [0.5, 0.6) is 23.0 Å². The number of benzene rings is 4. The lowest BCUT2D eigenvalue weighted by Gasteiger charge is -2.28. The summed E-state index contributed by atoms with van der Waals surface area (Å²) >= 11 is 1.24. The summed E-state index contributed by atoms with van der Waals surface area (Å²) in [5.74, 6) is -7.69. The standard InChI is InChI=1S/C30H38FN5O3.C28H31FN4O5.C25H25FN6O3S.C25H30FN5O3/c1-19(22-8-5-4-6-9-22)34-30(39)26-24-17-21(16-20-10-12-23(31)13-11-20)18-33-25(24)28(37)27(35-26)29(38)32-14-7-15-36(2)3;1-2-20(34)15-32-28(38)25-26(36)24-21(12-17(14-31-24)11-16-6-8-19(29)9-7-16)23(33-25)22(35)13-18-5-3-4-10-30-27(18)37;1-32(2)10-3-8-27-23(34)21-22(33)19-18(20(30-21)24(35)31-25-28-9-11-36-25)13-16(14-29-19)12-15-4-6-17(26)7-5-15;1-15(2)29-25(34)21-19-13-17(12-16-6-8-18(26)9-7-16)14-28-20(19)23(32)22(30-21)24(33)27-10-5-11-31(3)4/h10-13,17-19,22,37H,4-9,14-16H2,1-3H3,(H,32,38)(H,34,39);6-9,12,14,18,20,34,36H,2-5,10-11,13,15H2,1H3,(H,30,37)(H,32,38);4-7,9,11,13-14,33H,3,8,10,12H2,1-2H3,(H,27,34)(H,28,31,35);6-9,13-15,32H,5,10-12H2,1-4H3,(H,27,33)(H,29,34)/t19-;;;/m1.../s1. The molecule has 2 aliphatic rings. The van der Waals surface area contributed by atoms with Crippen molar-refractivity contribution in [3.63, 3.8) is 0 Å². The number of hydrogen-bond donors (Lipinski definition) is 13. The molecule has 0 radical (unpaired) electrons. The largest absolute Gasteiger partial charge is 0.504 e. The van der Waals surface area contributed by atoms with Gasteiger partial charge in [-0.1, -0.05) is 81.1 Å². The van der Waals surface area contributed by atoms with Gasteiger partial charge >= 0.3 is 0 Å². The first-order chi connectivity index (χ1) is 70.4. The molecule has 1 saturated heterocycles. The number of anilines is 1. The zero-order valence-electron chi connectivity index (χ0n) is 83.8. The Bertz CT molecular complexity index is 6830. The summed E-state index contributed by atoms with van der Waals surface area (Å²) in [6.07, 6.45) is 19.0. The fourth-order valence-corrected chi connectivity index (χ4v) is 17.3. The highest BCUT2D eigenvalue weighted by Crippen LogP contribution is 2.37. The molecule has 1 aliphatic heterocycles. The maximum atomic E-state index is 13.6. The lowest BCUT2D eigenvalue weighted by atomic mass is 9.84. The van der Waals surface area contributed by atoms with Gasteiger partial charge in [0.05, 0.1) is 6.10 Å². The Hall–Kier alpha value is -15.1. The second-order valence-corrected chi connectivity index (χ2v) is 38.4. The molecule has 13 N–H and O–H groups in total. The third-order valence-corrected chi connectivity index (χ3v) is 25.3. The van der Waals surface area contributed by atoms with Gasteiger partial charge in [0.25, 0.3) is 41.4 Å². The van der Waals surface area contributed by atoms with Crippen LogP contribution in [-0.4, -0.2) is 251 Å². The Morgan fingerprint density at radius 2 is 0.762 bits per heavy atom. The van der Waals surface area contributed by atoms with E-state index in [4.69, 9.17) is 0 Å². The van der Waals surface area contributed by atoms with Gasteiger partial charge in [-0.3, -0.25) is 68.4 Å². The molecular formula is C108H124F4N20O14S. The second-order valence-electron chi connectivity index (χ2n) is 37.5. The molecule has 8 amide bonds. The molecule has 1 saturated carbocycles. The Balaban J connectivity index is 0.000000174. The van der Waals surface area contributed by atoms with Crippen LogP contribution in [0.3, 0.4) is 0 Å². The van der Waals surface area contributed by atoms with Gasteiger partial charge in [-0.05, 0) is 283 Å². The number of Topliss-reactive ketones (excluding diaryl/α,β-unsaturated/α-hetero) is 1. The number of ketones is 1. The third-order valence-electron chi connectivity index (χ3n) is 24.6. The molecule has 4 aromatic carbocycles. The summed E-state index contributed by atoms with van der Waals surface area (Å²) in [6.45, 7) is 11.4. The quantitative estimate of drug-likeness (QED) is 0.00977. The number of aromatic nitrogens is 9. The van der Waals surface area contributed by atoms with E-state index in [1.54, 1.807) is 110 Å². The molecule has 2 fully saturated rings. The first-order valence-corrected chi connectivity index (χ1v) is 49.8. The van der Waals surface area contributed by atoms with Crippen molar-refractivity contribution in [2.24, 2.45) is 11.8 Å². The molecule has 1 aliphatic carbocycles. The average Bonchev–Trinajstić information content (AvgIpc) is 1.44. The lowest BCUT2D eigenvalue weighted by molar-refractivity contribution is -0.124. The van der Waals surface area contributed by atoms with E-state index >= 15 is 0 Å². The van der Waals surface area contributed by atoms with Crippen molar-refractivity contribution < 1.29 is 86.2 Å². The highest BCUT2D eigenvalue weighted by Gasteiger charge is 2.33. The fraction of sp³-hybridized carbons (Fsp3) is 0.370. The number of aliphatic hydroxyl groups excluding tert-OH is 1. The molecule has 13 aromatic rings. The minimum absolute atomic E-state index is 0.00778. The number of hydrogen-bond acceptors (Lipinski definition) is 27. The zero-order valence-corrected chi connectivity index (χ0v) is 84.6. The van der Waals surface area contributed by atoms with E-state index < -0.39 is 70.7 Å². The van der Waals surface area contributed by atoms with Crippen LogP contribution < -0.4 is 42.5 Å². The maximum Gasteiger partial charge on any atom is 0.276 e. The van der Waals surface area contributed by atoms with Gasteiger partial charge in [-0.15, -0.1) is 11.3 Å². The average molecular weight is 2030 g/mol. The van der Waals surface area contributed by atoms with E-state index in [9.17, 15) is 86.2 Å². The summed E-state index contributed by atoms with van der Waals surface area (Å²) in [4.78, 5) is 162. The molecule has 10 heterocycles. The monoisotopic (exact) mass is 2030 g/mol. The number of nitrogens with zero attached hydrogens (tertiary/aromatic N) is 12. The molecule has 0 spiro atoms. The topological polar surface area (TPSA) is 477 Å². The highest BCUT2D eigenvalue weighted by atomic mass is 32.1. The minimum atomic E-state index is -0.774. The number of thiazole rings is 1. The molecule has 0 bridgehead atoms. The predicted octanol–water partition coefficient (Wildman–Crippen LogP) is 13.8. The van der Waals surface area contributed by atoms with Crippen molar-refractivity contribution in [2.45, 2.75) is 155 Å². The number of nitrogens with one attached hydrogen (secondary N) is 8. The van der Waals surface area contributed by atoms with Gasteiger partial charge in [0.1, 0.15) is 68.1 Å². The van der Waals surface area contributed by atoms with Crippen LogP contribution in [0, 0.1) is 35.1 Å². The SMILES string of the molecule is CC(C)NC(=O)c1nc(C(=O)NCCCN(C)C)c(O)c2ncc(Cc3ccc(F)cc3)cc12.CCC(O)CNC(=O)c1nc(C(=O)CC2CCCCNC2=O)c2cc(Cc3ccc(F)cc3)cnc2c1O.CN(C)CCCNC(=O)c1nc(C(=O)Nc2nccs2)c2cc(Cc3ccc(F)cc3)cnc2c1O.C[C@@H](NC(=O)c1nc(C(=O)NCCCN(C)C)c(O)c2ncc(Cc3ccc(F)cc3)cc12)C1CCCCC1. The van der Waals surface area contributed by atoms with Gasteiger partial charge in [0, 0.05) is 115 Å². The van der Waals surface area contributed by atoms with E-state index in [1.807, 2.05) is 77.8 Å². The van der Waals surface area contributed by atoms with E-state index in [2.05, 4.69) is 87.4 Å². The Morgan fingerprint density at radius 1 is 0.422 bits per heavy atom. The molecule has 774 valence electrons. The summed E-state index contributed by atoms with van der Waals surface area (Å²) in [5.41, 5.74) is 5.49. The summed E-state index contributed by atoms with van der Waals surface area (Å²) < 4.78 is 53.2. The molecule has 9 aromatic heterocycles. The van der Waals surface area contributed by atoms with Crippen LogP contribution in [0.4, 0.5) is 22.7 Å². The van der Waals surface area contributed by atoms with Crippen molar-refractivity contribution in [1.29, 1.82) is 0 Å². The van der Waals surface area contributed by atoms with Crippen molar-refractivity contribution in [2.75, 3.05) is 100.0 Å². The highest BCUT2D eigenvalue weighted by molar-refractivity contribution is 7.13. The molecular weight excluding hydrogens is 1910 g/mol. The zero-order chi connectivity index (χ0) is 106. The molecule has 3 atom stereocenters. The maximum absolute atomic E-state index is 13.6. The molecule has 34 nitrogen and oxygen atoms in total.